The minimum Gasteiger partial charge on any atom is -0.370 e. The molecule has 0 fully saturated rings. The van der Waals surface area contributed by atoms with E-state index in [0.29, 0.717) is 30.4 Å². The van der Waals surface area contributed by atoms with E-state index < -0.39 is 28.9 Å². The van der Waals surface area contributed by atoms with E-state index in [1.165, 1.54) is 18.3 Å². The Morgan fingerprint density at radius 3 is 2.39 bits per heavy atom. The highest BCUT2D eigenvalue weighted by molar-refractivity contribution is 6.04. The van der Waals surface area contributed by atoms with Crippen LogP contribution in [0.25, 0.3) is 0 Å². The summed E-state index contributed by atoms with van der Waals surface area (Å²) in [6, 6.07) is 11.1. The molecule has 3 rings (SSSR count). The summed E-state index contributed by atoms with van der Waals surface area (Å²) in [4.78, 5) is 16.1. The Morgan fingerprint density at radius 1 is 0.893 bits per heavy atom. The number of pyridine rings is 1. The Morgan fingerprint density at radius 2 is 1.68 bits per heavy atom. The monoisotopic (exact) mass is 389 g/mol. The van der Waals surface area contributed by atoms with E-state index in [-0.39, 0.29) is 11.5 Å². The minimum atomic E-state index is -1.71. The van der Waals surface area contributed by atoms with Crippen molar-refractivity contribution in [1.29, 1.82) is 0 Å². The molecule has 0 aliphatic carbocycles. The minimum absolute atomic E-state index is 0.244. The topological polar surface area (TPSA) is 54.0 Å². The molecule has 8 heteroatoms. The van der Waals surface area contributed by atoms with Crippen LogP contribution >= 0.6 is 0 Å². The van der Waals surface area contributed by atoms with Crippen LogP contribution in [-0.2, 0) is 6.42 Å². The first-order chi connectivity index (χ1) is 13.5. The second-order valence-electron chi connectivity index (χ2n) is 5.88. The van der Waals surface area contributed by atoms with Crippen molar-refractivity contribution in [2.75, 3.05) is 17.2 Å². The molecule has 0 bridgehead atoms. The smallest absolute Gasteiger partial charge is 0.258 e. The zero-order chi connectivity index (χ0) is 20.1. The van der Waals surface area contributed by atoms with Crippen molar-refractivity contribution < 1.29 is 22.4 Å². The number of nitrogens with one attached hydrogen (secondary N) is 2. The number of halogens is 4. The standard InChI is InChI=1S/C20H15F4N3O/c21-15-4-2-1-3-12(15)9-10-25-17-8-5-13(11-26-17)27-20(28)14-6-7-16(22)19(24)18(14)23/h1-8,11H,9-10H2,(H,25,26)(H,27,28). The summed E-state index contributed by atoms with van der Waals surface area (Å²) in [5.74, 6) is -5.36. The Bertz CT molecular complexity index is 993. The number of carbonyl (C=O) groups excluding carboxylic acids is 1. The fraction of sp³-hybridized carbons (Fsp3) is 0.100. The number of nitrogens with zero attached hydrogens (tertiary/aromatic N) is 1. The highest BCUT2D eigenvalue weighted by Gasteiger charge is 2.18. The SMILES string of the molecule is O=C(Nc1ccc(NCCc2ccccc2F)nc1)c1ccc(F)c(F)c1F. The molecule has 0 unspecified atom stereocenters. The quantitative estimate of drug-likeness (QED) is 0.481. The van der Waals surface area contributed by atoms with Crippen LogP contribution in [0.3, 0.4) is 0 Å². The number of aromatic nitrogens is 1. The molecule has 3 aromatic rings. The molecular formula is C20H15F4N3O. The molecule has 1 heterocycles. The number of carbonyl (C=O) groups is 1. The molecule has 0 aliphatic rings. The highest BCUT2D eigenvalue weighted by atomic mass is 19.2. The van der Waals surface area contributed by atoms with Gasteiger partial charge in [-0.05, 0) is 42.3 Å². The lowest BCUT2D eigenvalue weighted by atomic mass is 10.1. The van der Waals surface area contributed by atoms with Gasteiger partial charge in [0.05, 0.1) is 17.4 Å². The molecule has 2 N–H and O–H groups in total. The van der Waals surface area contributed by atoms with Crippen molar-refractivity contribution in [2.45, 2.75) is 6.42 Å². The summed E-state index contributed by atoms with van der Waals surface area (Å²) in [5.41, 5.74) is 0.201. The number of benzene rings is 2. The molecule has 2 aromatic carbocycles. The van der Waals surface area contributed by atoms with Gasteiger partial charge >= 0.3 is 0 Å². The fourth-order valence-electron chi connectivity index (χ4n) is 2.50. The van der Waals surface area contributed by atoms with Gasteiger partial charge in [0, 0.05) is 6.54 Å². The maximum atomic E-state index is 13.7. The molecule has 0 saturated heterocycles. The van der Waals surface area contributed by atoms with Crippen molar-refractivity contribution in [3.63, 3.8) is 0 Å². The normalized spacial score (nSPS) is 10.6. The van der Waals surface area contributed by atoms with Gasteiger partial charge in [0.25, 0.3) is 5.91 Å². The number of hydrogen-bond acceptors (Lipinski definition) is 3. The van der Waals surface area contributed by atoms with Gasteiger partial charge < -0.3 is 10.6 Å². The largest absolute Gasteiger partial charge is 0.370 e. The van der Waals surface area contributed by atoms with Gasteiger partial charge in [-0.3, -0.25) is 4.79 Å². The molecule has 0 spiro atoms. The maximum Gasteiger partial charge on any atom is 0.258 e. The van der Waals surface area contributed by atoms with Crippen molar-refractivity contribution in [3.8, 4) is 0 Å². The third-order valence-electron chi connectivity index (χ3n) is 3.96. The van der Waals surface area contributed by atoms with E-state index in [4.69, 9.17) is 0 Å². The van der Waals surface area contributed by atoms with Crippen LogP contribution in [0.4, 0.5) is 29.1 Å². The molecule has 144 valence electrons. The molecule has 4 nitrogen and oxygen atoms in total. The van der Waals surface area contributed by atoms with Crippen LogP contribution in [-0.4, -0.2) is 17.4 Å². The first-order valence-corrected chi connectivity index (χ1v) is 8.34. The van der Waals surface area contributed by atoms with Crippen LogP contribution in [0.2, 0.25) is 0 Å². The Labute approximate surface area is 158 Å². The zero-order valence-corrected chi connectivity index (χ0v) is 14.5. The highest BCUT2D eigenvalue weighted by Crippen LogP contribution is 2.17. The van der Waals surface area contributed by atoms with Gasteiger partial charge in [-0.1, -0.05) is 18.2 Å². The molecule has 1 aromatic heterocycles. The third-order valence-corrected chi connectivity index (χ3v) is 3.96. The summed E-state index contributed by atoms with van der Waals surface area (Å²) in [6.45, 7) is 0.444. The lowest BCUT2D eigenvalue weighted by molar-refractivity contribution is 0.102. The molecular weight excluding hydrogens is 374 g/mol. The number of rotatable bonds is 6. The van der Waals surface area contributed by atoms with Gasteiger partial charge in [-0.2, -0.15) is 0 Å². The average molecular weight is 389 g/mol. The van der Waals surface area contributed by atoms with Gasteiger partial charge in [0.15, 0.2) is 17.5 Å². The maximum absolute atomic E-state index is 13.7. The van der Waals surface area contributed by atoms with E-state index in [2.05, 4.69) is 15.6 Å². The van der Waals surface area contributed by atoms with Crippen LogP contribution in [0.15, 0.2) is 54.7 Å². The molecule has 0 atom stereocenters. The number of hydrogen-bond donors (Lipinski definition) is 2. The summed E-state index contributed by atoms with van der Waals surface area (Å²) in [5, 5.41) is 5.37. The molecule has 0 aliphatic heterocycles. The average Bonchev–Trinajstić information content (AvgIpc) is 2.69. The fourth-order valence-corrected chi connectivity index (χ4v) is 2.50. The van der Waals surface area contributed by atoms with E-state index in [1.807, 2.05) is 0 Å². The Balaban J connectivity index is 1.58. The van der Waals surface area contributed by atoms with Crippen LogP contribution < -0.4 is 10.6 Å². The van der Waals surface area contributed by atoms with Gasteiger partial charge in [0.1, 0.15) is 11.6 Å². The van der Waals surface area contributed by atoms with Crippen LogP contribution in [0.5, 0.6) is 0 Å². The van der Waals surface area contributed by atoms with E-state index in [0.717, 1.165) is 6.07 Å². The predicted molar refractivity (Wildman–Crippen MR) is 97.1 cm³/mol. The summed E-state index contributed by atoms with van der Waals surface area (Å²) >= 11 is 0. The van der Waals surface area contributed by atoms with E-state index in [9.17, 15) is 22.4 Å². The number of anilines is 2. The zero-order valence-electron chi connectivity index (χ0n) is 14.5. The molecule has 0 saturated carbocycles. The first-order valence-electron chi connectivity index (χ1n) is 8.34. The second-order valence-corrected chi connectivity index (χ2v) is 5.88. The summed E-state index contributed by atoms with van der Waals surface area (Å²) < 4.78 is 53.4. The van der Waals surface area contributed by atoms with Crippen LogP contribution in [0, 0.1) is 23.3 Å². The lowest BCUT2D eigenvalue weighted by Gasteiger charge is -2.09. The first kappa shape index (κ1) is 19.3. The molecule has 1 amide bonds. The van der Waals surface area contributed by atoms with Crippen molar-refractivity contribution >= 4 is 17.4 Å². The van der Waals surface area contributed by atoms with Crippen LogP contribution in [0.1, 0.15) is 15.9 Å². The van der Waals surface area contributed by atoms with E-state index >= 15 is 0 Å². The Kier molecular flexibility index (Phi) is 5.88. The summed E-state index contributed by atoms with van der Waals surface area (Å²) in [6.07, 6.45) is 1.78. The third kappa shape index (κ3) is 4.46. The lowest BCUT2D eigenvalue weighted by Crippen LogP contribution is -2.15. The Hall–Kier alpha value is -3.42. The van der Waals surface area contributed by atoms with Gasteiger partial charge in [0.2, 0.25) is 0 Å². The second kappa shape index (κ2) is 8.51. The van der Waals surface area contributed by atoms with Gasteiger partial charge in [-0.25, -0.2) is 22.5 Å². The molecule has 28 heavy (non-hydrogen) atoms. The van der Waals surface area contributed by atoms with Gasteiger partial charge in [-0.15, -0.1) is 0 Å². The predicted octanol–water partition coefficient (Wildman–Crippen LogP) is 4.54. The van der Waals surface area contributed by atoms with Crippen molar-refractivity contribution in [3.05, 3.63) is 89.1 Å². The molecule has 0 radical (unpaired) electrons. The van der Waals surface area contributed by atoms with E-state index in [1.54, 1.807) is 24.3 Å². The summed E-state index contributed by atoms with van der Waals surface area (Å²) in [7, 11) is 0. The van der Waals surface area contributed by atoms with Crippen molar-refractivity contribution in [1.82, 2.24) is 4.98 Å². The number of amides is 1. The van der Waals surface area contributed by atoms with Crippen molar-refractivity contribution in [2.24, 2.45) is 0 Å².